The highest BCUT2D eigenvalue weighted by Gasteiger charge is 2.34. The molecule has 0 spiro atoms. The molecule has 0 amide bonds. The van der Waals surface area contributed by atoms with Crippen LogP contribution in [0.1, 0.15) is 15.9 Å². The monoisotopic (exact) mass is 474 g/mol. The van der Waals surface area contributed by atoms with E-state index in [0.29, 0.717) is 10.5 Å². The zero-order chi connectivity index (χ0) is 22.4. The first-order valence-electron chi connectivity index (χ1n) is 9.10. The van der Waals surface area contributed by atoms with Crippen LogP contribution in [0.4, 0.5) is 0 Å². The highest BCUT2D eigenvalue weighted by atomic mass is 32.3. The summed E-state index contributed by atoms with van der Waals surface area (Å²) in [6, 6.07) is 12.3. The minimum atomic E-state index is -4.20. The fraction of sp³-hybridized carbons (Fsp3) is 0.350. The van der Waals surface area contributed by atoms with Gasteiger partial charge in [-0.1, -0.05) is 29.8 Å². The van der Waals surface area contributed by atoms with Gasteiger partial charge in [0, 0.05) is 39.0 Å². The van der Waals surface area contributed by atoms with Crippen molar-refractivity contribution in [3.8, 4) is 0 Å². The van der Waals surface area contributed by atoms with E-state index in [0.717, 1.165) is 5.56 Å². The Labute approximate surface area is 181 Å². The molecule has 0 aromatic heterocycles. The van der Waals surface area contributed by atoms with Gasteiger partial charge in [0.1, 0.15) is 0 Å². The molecule has 0 fully saturated rings. The summed E-state index contributed by atoms with van der Waals surface area (Å²) >= 11 is 0. The molecule has 166 valence electrons. The lowest BCUT2D eigenvalue weighted by Crippen LogP contribution is -2.27. The molecule has 0 aliphatic heterocycles. The highest BCUT2D eigenvalue weighted by molar-refractivity contribution is 8.33. The van der Waals surface area contributed by atoms with Crippen LogP contribution in [0.5, 0.6) is 0 Å². The molecule has 2 aromatic carbocycles. The van der Waals surface area contributed by atoms with Crippen LogP contribution in [-0.4, -0.2) is 65.4 Å². The fourth-order valence-electron chi connectivity index (χ4n) is 2.76. The topological polar surface area (TPSA) is 118 Å². The van der Waals surface area contributed by atoms with Crippen molar-refractivity contribution in [1.82, 2.24) is 0 Å². The van der Waals surface area contributed by atoms with Crippen LogP contribution < -0.4 is 0 Å². The second-order valence-corrected chi connectivity index (χ2v) is 13.0. The Morgan fingerprint density at radius 3 is 1.97 bits per heavy atom. The van der Waals surface area contributed by atoms with Gasteiger partial charge in [-0.25, -0.2) is 3.63 Å². The van der Waals surface area contributed by atoms with Gasteiger partial charge in [-0.05, 0) is 31.2 Å². The maximum atomic E-state index is 12.9. The summed E-state index contributed by atoms with van der Waals surface area (Å²) in [6.07, 6.45) is 1.53. The van der Waals surface area contributed by atoms with E-state index in [2.05, 4.69) is 0 Å². The maximum Gasteiger partial charge on any atom is 0.306 e. The lowest BCUT2D eigenvalue weighted by Gasteiger charge is -2.36. The van der Waals surface area contributed by atoms with Crippen molar-refractivity contribution in [3.05, 3.63) is 59.7 Å². The van der Waals surface area contributed by atoms with Crippen molar-refractivity contribution in [2.24, 2.45) is 0 Å². The zero-order valence-corrected chi connectivity index (χ0v) is 19.3. The van der Waals surface area contributed by atoms with E-state index in [1.54, 1.807) is 24.3 Å². The smallest absolute Gasteiger partial charge is 0.306 e. The van der Waals surface area contributed by atoms with E-state index in [9.17, 15) is 27.6 Å². The third kappa shape index (κ3) is 6.47. The molecule has 2 N–H and O–H groups in total. The van der Waals surface area contributed by atoms with Crippen molar-refractivity contribution in [1.29, 1.82) is 0 Å². The minimum absolute atomic E-state index is 0.0527. The second-order valence-electron chi connectivity index (χ2n) is 6.70. The number of rotatable bonds is 11. The number of aliphatic hydroxyl groups is 2. The van der Waals surface area contributed by atoms with Gasteiger partial charge in [-0.15, -0.1) is 10.3 Å². The number of hydrogen-bond acceptors (Lipinski definition) is 7. The quantitative estimate of drug-likeness (QED) is 0.478. The van der Waals surface area contributed by atoms with Crippen LogP contribution in [-0.2, 0) is 24.5 Å². The predicted octanol–water partition coefficient (Wildman–Crippen LogP) is 2.02. The minimum Gasteiger partial charge on any atom is -0.395 e. The van der Waals surface area contributed by atoms with Crippen LogP contribution >= 0.6 is 10.3 Å². The number of hydrogen-bond donors (Lipinski definition) is 2. The van der Waals surface area contributed by atoms with E-state index in [-0.39, 0.29) is 41.2 Å². The highest BCUT2D eigenvalue weighted by Crippen LogP contribution is 2.51. The molecular formula is C20H26O7S3. The average molecular weight is 475 g/mol. The summed E-state index contributed by atoms with van der Waals surface area (Å²) in [7, 11) is -8.07. The number of aryl methyl sites for hydroxylation is 1. The van der Waals surface area contributed by atoms with Gasteiger partial charge in [0.25, 0.3) is 0 Å². The van der Waals surface area contributed by atoms with Gasteiger partial charge in [0.05, 0.1) is 23.9 Å². The van der Waals surface area contributed by atoms with E-state index >= 15 is 0 Å². The average Bonchev–Trinajstić information content (AvgIpc) is 2.68. The lowest BCUT2D eigenvalue weighted by molar-refractivity contribution is 0.102. The Hall–Kier alpha value is -1.56. The molecule has 0 aliphatic rings. The first-order chi connectivity index (χ1) is 14.1. The van der Waals surface area contributed by atoms with Crippen LogP contribution in [0.3, 0.4) is 0 Å². The lowest BCUT2D eigenvalue weighted by atomic mass is 10.1. The van der Waals surface area contributed by atoms with E-state index in [4.69, 9.17) is 3.63 Å². The third-order valence-electron chi connectivity index (χ3n) is 4.37. The van der Waals surface area contributed by atoms with Crippen molar-refractivity contribution in [2.45, 2.75) is 16.7 Å². The molecule has 2 aromatic rings. The number of benzene rings is 2. The van der Waals surface area contributed by atoms with Crippen LogP contribution in [0.15, 0.2) is 58.3 Å². The Morgan fingerprint density at radius 1 is 0.967 bits per heavy atom. The second kappa shape index (κ2) is 10.7. The van der Waals surface area contributed by atoms with Gasteiger partial charge >= 0.3 is 10.1 Å². The SMILES string of the molecule is Cc1ccc(S(=O)(=O)OS(CCO)(CCO)CC(=O)c2ccc(S(C)=O)cc2)cc1. The molecule has 0 radical (unpaired) electrons. The van der Waals surface area contributed by atoms with E-state index in [1.165, 1.54) is 30.5 Å². The zero-order valence-electron chi connectivity index (χ0n) is 16.8. The van der Waals surface area contributed by atoms with E-state index < -0.39 is 31.2 Å². The molecule has 0 bridgehead atoms. The molecule has 10 heteroatoms. The summed E-state index contributed by atoms with van der Waals surface area (Å²) in [4.78, 5) is 13.4. The third-order valence-corrected chi connectivity index (χ3v) is 10.7. The Bertz CT molecular complexity index is 978. The number of carbonyl (C=O) groups is 1. The summed E-state index contributed by atoms with van der Waals surface area (Å²) in [5.74, 6) is -0.782. The number of carbonyl (C=O) groups excluding carboxylic acids is 1. The first kappa shape index (κ1) is 24.7. The summed E-state index contributed by atoms with van der Waals surface area (Å²) < 4.78 is 42.8. The van der Waals surface area contributed by atoms with Crippen molar-refractivity contribution in [3.63, 3.8) is 0 Å². The standard InChI is InChI=1S/C20H26O7S3/c1-16-3-9-19(10-4-16)30(25,26)27-29(13-11-21,14-12-22)15-20(23)17-5-7-18(8-6-17)28(2)24/h3-10,21-22H,11-15H2,1-2H3. The Morgan fingerprint density at radius 2 is 1.50 bits per heavy atom. The van der Waals surface area contributed by atoms with Crippen LogP contribution in [0, 0.1) is 6.92 Å². The fourth-order valence-corrected chi connectivity index (χ4v) is 8.12. The van der Waals surface area contributed by atoms with Crippen LogP contribution in [0.2, 0.25) is 0 Å². The van der Waals surface area contributed by atoms with Gasteiger partial charge < -0.3 is 10.2 Å². The summed E-state index contributed by atoms with van der Waals surface area (Å²) in [5.41, 5.74) is 1.19. The molecule has 2 rings (SSSR count). The molecule has 1 unspecified atom stereocenters. The number of ketones is 1. The van der Waals surface area contributed by atoms with E-state index in [1.807, 2.05) is 6.92 Å². The Balaban J connectivity index is 2.34. The molecule has 1 atom stereocenters. The van der Waals surface area contributed by atoms with Gasteiger partial charge in [0.2, 0.25) is 0 Å². The van der Waals surface area contributed by atoms with Crippen molar-refractivity contribution >= 4 is 37.0 Å². The largest absolute Gasteiger partial charge is 0.395 e. The Kier molecular flexibility index (Phi) is 8.77. The number of aliphatic hydroxyl groups excluding tert-OH is 2. The van der Waals surface area contributed by atoms with Gasteiger partial charge in [-0.2, -0.15) is 8.42 Å². The molecule has 30 heavy (non-hydrogen) atoms. The molecule has 0 saturated heterocycles. The van der Waals surface area contributed by atoms with Crippen molar-refractivity contribution in [2.75, 3.05) is 36.7 Å². The van der Waals surface area contributed by atoms with Crippen LogP contribution in [0.25, 0.3) is 0 Å². The molecule has 7 nitrogen and oxygen atoms in total. The van der Waals surface area contributed by atoms with Gasteiger partial charge in [-0.3, -0.25) is 9.00 Å². The maximum absolute atomic E-state index is 12.9. The molecule has 0 heterocycles. The predicted molar refractivity (Wildman–Crippen MR) is 119 cm³/mol. The summed E-state index contributed by atoms with van der Waals surface area (Å²) in [6.45, 7) is 1.04. The summed E-state index contributed by atoms with van der Waals surface area (Å²) in [5, 5.41) is 19.1. The normalized spacial score (nSPS) is 13.7. The van der Waals surface area contributed by atoms with Crippen molar-refractivity contribution < 1.29 is 31.3 Å². The molecular weight excluding hydrogens is 448 g/mol. The number of Topliss-reactive ketones (excluding diaryl/α,β-unsaturated/α-hetero) is 1. The first-order valence-corrected chi connectivity index (χ1v) is 14.1. The molecule has 0 saturated carbocycles. The van der Waals surface area contributed by atoms with Gasteiger partial charge in [0.15, 0.2) is 5.78 Å². The molecule has 0 aliphatic carbocycles.